The van der Waals surface area contributed by atoms with Gasteiger partial charge in [0.1, 0.15) is 17.4 Å². The van der Waals surface area contributed by atoms with Crippen molar-refractivity contribution in [2.45, 2.75) is 33.2 Å². The molecule has 0 aromatic carbocycles. The van der Waals surface area contributed by atoms with Gasteiger partial charge < -0.3 is 9.64 Å². The fraction of sp³-hybridized carbons (Fsp3) is 0.636. The van der Waals surface area contributed by atoms with E-state index in [9.17, 15) is 18.0 Å². The molecule has 2 heterocycles. The summed E-state index contributed by atoms with van der Waals surface area (Å²) in [6.07, 6.45) is 1.38. The quantitative estimate of drug-likeness (QED) is 0.288. The monoisotopic (exact) mass is 429 g/mol. The molecule has 0 unspecified atom stereocenters. The molecule has 1 amide bonds. The Bertz CT molecular complexity index is 598. The molecule has 0 N–H and O–H groups in total. The van der Waals surface area contributed by atoms with E-state index in [1.54, 1.807) is 0 Å². The third kappa shape index (κ3) is 1.75. The second-order valence-electron chi connectivity index (χ2n) is 5.16. The lowest BCUT2D eigenvalue weighted by Gasteiger charge is -2.45. The normalized spacial score (nSPS) is 32.2. The molecule has 20 heavy (non-hydrogen) atoms. The number of carbonyl (C=O) groups is 2. The van der Waals surface area contributed by atoms with Crippen molar-refractivity contribution in [3.05, 3.63) is 12.7 Å². The molecule has 0 saturated carbocycles. The Hall–Kier alpha value is -0.410. The number of rotatable bonds is 3. The summed E-state index contributed by atoms with van der Waals surface area (Å²) in [5, 5.41) is -1.13. The van der Waals surface area contributed by atoms with Crippen LogP contribution in [-0.4, -0.2) is 51.2 Å². The standard InChI is InChI=1S/C11H13Br2NO5S/c1-4-5-19-7(15)6-10(2,3)20(17,18)9-11(12,13)8(16)14(6)9/h4,6,9H,1,5H2,2-3H3/t6-,9+/m0/s1. The van der Waals surface area contributed by atoms with Crippen LogP contribution in [0.4, 0.5) is 0 Å². The summed E-state index contributed by atoms with van der Waals surface area (Å²) in [5.74, 6) is -1.25. The van der Waals surface area contributed by atoms with Gasteiger partial charge >= 0.3 is 5.97 Å². The molecule has 2 aliphatic heterocycles. The van der Waals surface area contributed by atoms with Crippen LogP contribution in [0.25, 0.3) is 0 Å². The molecule has 112 valence electrons. The van der Waals surface area contributed by atoms with E-state index in [0.29, 0.717) is 0 Å². The number of alkyl halides is 2. The van der Waals surface area contributed by atoms with Crippen molar-refractivity contribution in [2.75, 3.05) is 6.61 Å². The Labute approximate surface area is 133 Å². The van der Waals surface area contributed by atoms with Crippen LogP contribution >= 0.6 is 31.9 Å². The number of nitrogens with zero attached hydrogens (tertiary/aromatic N) is 1. The minimum atomic E-state index is -3.74. The van der Waals surface area contributed by atoms with Crippen LogP contribution in [-0.2, 0) is 24.2 Å². The molecule has 2 rings (SSSR count). The number of hydrogen-bond acceptors (Lipinski definition) is 5. The Morgan fingerprint density at radius 3 is 2.55 bits per heavy atom. The molecule has 2 fully saturated rings. The van der Waals surface area contributed by atoms with Gasteiger partial charge in [0.25, 0.3) is 5.91 Å². The molecule has 0 radical (unpaired) electrons. The highest BCUT2D eigenvalue weighted by Gasteiger charge is 2.77. The van der Waals surface area contributed by atoms with Crippen molar-refractivity contribution in [3.63, 3.8) is 0 Å². The third-order valence-corrected chi connectivity index (χ3v) is 8.62. The number of fused-ring (bicyclic) bond motifs is 1. The Morgan fingerprint density at radius 1 is 1.50 bits per heavy atom. The van der Waals surface area contributed by atoms with Gasteiger partial charge in [-0.2, -0.15) is 0 Å². The van der Waals surface area contributed by atoms with Crippen LogP contribution in [0.2, 0.25) is 0 Å². The molecule has 0 aromatic rings. The Morgan fingerprint density at radius 2 is 2.05 bits per heavy atom. The van der Waals surface area contributed by atoms with Crippen LogP contribution in [0.5, 0.6) is 0 Å². The first kappa shape index (κ1) is 16.0. The maximum absolute atomic E-state index is 12.5. The molecule has 2 atom stereocenters. The van der Waals surface area contributed by atoms with E-state index in [1.165, 1.54) is 19.9 Å². The predicted octanol–water partition coefficient (Wildman–Crippen LogP) is 0.946. The molecule has 2 saturated heterocycles. The molecular weight excluding hydrogens is 418 g/mol. The van der Waals surface area contributed by atoms with E-state index in [-0.39, 0.29) is 6.61 Å². The SMILES string of the molecule is C=CCOC(=O)[C@@H]1N2C(=O)C(Br)(Br)[C@H]2S(=O)(=O)C1(C)C. The molecule has 0 spiro atoms. The van der Waals surface area contributed by atoms with Crippen LogP contribution in [0.3, 0.4) is 0 Å². The lowest BCUT2D eigenvalue weighted by Crippen LogP contribution is -2.69. The topological polar surface area (TPSA) is 80.8 Å². The van der Waals surface area contributed by atoms with Crippen molar-refractivity contribution in [1.82, 2.24) is 4.90 Å². The zero-order valence-corrected chi connectivity index (χ0v) is 14.8. The molecular formula is C11H13Br2NO5S. The lowest BCUT2D eigenvalue weighted by atomic mass is 9.98. The zero-order valence-electron chi connectivity index (χ0n) is 10.8. The zero-order chi connectivity index (χ0) is 15.5. The van der Waals surface area contributed by atoms with Crippen molar-refractivity contribution in [1.29, 1.82) is 0 Å². The highest BCUT2D eigenvalue weighted by atomic mass is 79.9. The first-order chi connectivity index (χ1) is 9.01. The summed E-state index contributed by atoms with van der Waals surface area (Å²) in [4.78, 5) is 25.2. The fourth-order valence-electron chi connectivity index (χ4n) is 2.49. The van der Waals surface area contributed by atoms with Crippen LogP contribution in [0.1, 0.15) is 13.8 Å². The number of carbonyl (C=O) groups excluding carboxylic acids is 2. The minimum absolute atomic E-state index is 0.0358. The Kier molecular flexibility index (Phi) is 3.63. The number of esters is 1. The van der Waals surface area contributed by atoms with Crippen molar-refractivity contribution in [2.24, 2.45) is 0 Å². The highest BCUT2D eigenvalue weighted by Crippen LogP contribution is 2.56. The smallest absolute Gasteiger partial charge is 0.330 e. The molecule has 0 bridgehead atoms. The van der Waals surface area contributed by atoms with E-state index in [2.05, 4.69) is 38.4 Å². The van der Waals surface area contributed by atoms with Gasteiger partial charge in [-0.05, 0) is 13.8 Å². The first-order valence-electron chi connectivity index (χ1n) is 5.72. The van der Waals surface area contributed by atoms with Crippen molar-refractivity contribution < 1.29 is 22.7 Å². The van der Waals surface area contributed by atoms with Crippen LogP contribution in [0, 0.1) is 0 Å². The number of halogens is 2. The van der Waals surface area contributed by atoms with Gasteiger partial charge in [-0.1, -0.05) is 44.5 Å². The number of ether oxygens (including phenoxy) is 1. The number of amides is 1. The molecule has 0 aliphatic carbocycles. The summed E-state index contributed by atoms with van der Waals surface area (Å²) in [6.45, 7) is 6.22. The van der Waals surface area contributed by atoms with Gasteiger partial charge in [0, 0.05) is 0 Å². The van der Waals surface area contributed by atoms with Gasteiger partial charge in [-0.25, -0.2) is 13.2 Å². The molecule has 2 aliphatic rings. The fourth-order valence-corrected chi connectivity index (χ4v) is 6.92. The summed E-state index contributed by atoms with van der Waals surface area (Å²) in [6, 6.07) is -1.16. The summed E-state index contributed by atoms with van der Waals surface area (Å²) >= 11 is 6.14. The van der Waals surface area contributed by atoms with Gasteiger partial charge in [0.2, 0.25) is 0 Å². The third-order valence-electron chi connectivity index (χ3n) is 3.61. The summed E-state index contributed by atoms with van der Waals surface area (Å²) in [7, 11) is -3.74. The summed E-state index contributed by atoms with van der Waals surface area (Å²) < 4.78 is 27.2. The van der Waals surface area contributed by atoms with E-state index in [4.69, 9.17) is 4.74 Å². The second-order valence-corrected chi connectivity index (χ2v) is 11.3. The first-order valence-corrected chi connectivity index (χ1v) is 8.86. The largest absolute Gasteiger partial charge is 0.460 e. The van der Waals surface area contributed by atoms with Crippen LogP contribution < -0.4 is 0 Å². The molecule has 0 aromatic heterocycles. The number of sulfone groups is 1. The molecule has 9 heteroatoms. The van der Waals surface area contributed by atoms with Gasteiger partial charge in [0.05, 0.1) is 0 Å². The maximum atomic E-state index is 12.5. The maximum Gasteiger partial charge on any atom is 0.330 e. The van der Waals surface area contributed by atoms with E-state index in [1.807, 2.05) is 0 Å². The van der Waals surface area contributed by atoms with E-state index < -0.39 is 41.1 Å². The predicted molar refractivity (Wildman–Crippen MR) is 79.2 cm³/mol. The van der Waals surface area contributed by atoms with E-state index in [0.717, 1.165) is 4.90 Å². The van der Waals surface area contributed by atoms with Gasteiger partial charge in [0.15, 0.2) is 18.4 Å². The van der Waals surface area contributed by atoms with Gasteiger partial charge in [-0.3, -0.25) is 4.79 Å². The van der Waals surface area contributed by atoms with Crippen molar-refractivity contribution in [3.8, 4) is 0 Å². The number of hydrogen-bond donors (Lipinski definition) is 0. The van der Waals surface area contributed by atoms with Crippen LogP contribution in [0.15, 0.2) is 12.7 Å². The average molecular weight is 431 g/mol. The number of β-lactam (4-membered cyclic amide) rings is 1. The van der Waals surface area contributed by atoms with Gasteiger partial charge in [-0.15, -0.1) is 0 Å². The lowest BCUT2D eigenvalue weighted by molar-refractivity contribution is -0.160. The Balaban J connectivity index is 2.47. The second kappa shape index (κ2) is 4.54. The van der Waals surface area contributed by atoms with Crippen molar-refractivity contribution >= 4 is 53.6 Å². The summed E-state index contributed by atoms with van der Waals surface area (Å²) in [5.41, 5.74) is 0. The average Bonchev–Trinajstić information content (AvgIpc) is 2.49. The highest BCUT2D eigenvalue weighted by molar-refractivity contribution is 9.26. The molecule has 6 nitrogen and oxygen atoms in total. The minimum Gasteiger partial charge on any atom is -0.460 e. The van der Waals surface area contributed by atoms with E-state index >= 15 is 0 Å².